The van der Waals surface area contributed by atoms with Gasteiger partial charge in [-0.2, -0.15) is 0 Å². The Labute approximate surface area is 197 Å². The molecule has 2 amide bonds. The molecular formula is C28H25NO5. The molecule has 0 unspecified atom stereocenters. The summed E-state index contributed by atoms with van der Waals surface area (Å²) >= 11 is 0. The van der Waals surface area contributed by atoms with Crippen molar-refractivity contribution in [1.29, 1.82) is 0 Å². The molecular weight excluding hydrogens is 430 g/mol. The van der Waals surface area contributed by atoms with E-state index in [1.54, 1.807) is 24.3 Å². The maximum Gasteiger partial charge on any atom is 0.335 e. The summed E-state index contributed by atoms with van der Waals surface area (Å²) in [4.78, 5) is 53.4. The van der Waals surface area contributed by atoms with Crippen molar-refractivity contribution >= 4 is 23.6 Å². The van der Waals surface area contributed by atoms with Crippen molar-refractivity contribution < 1.29 is 23.9 Å². The summed E-state index contributed by atoms with van der Waals surface area (Å²) in [6.45, 7) is 1.47. The van der Waals surface area contributed by atoms with Gasteiger partial charge in [-0.3, -0.25) is 19.3 Å². The number of esters is 1. The third kappa shape index (κ3) is 3.23. The van der Waals surface area contributed by atoms with Crippen LogP contribution in [0.25, 0.3) is 0 Å². The lowest BCUT2D eigenvalue weighted by molar-refractivity contribution is -0.153. The Morgan fingerprint density at radius 3 is 2.06 bits per heavy atom. The zero-order valence-corrected chi connectivity index (χ0v) is 18.8. The third-order valence-electron chi connectivity index (χ3n) is 8.03. The van der Waals surface area contributed by atoms with E-state index in [0.29, 0.717) is 17.4 Å². The smallest absolute Gasteiger partial charge is 0.335 e. The van der Waals surface area contributed by atoms with Crippen LogP contribution in [0.4, 0.5) is 0 Å². The number of carbonyl (C=O) groups is 4. The normalized spacial score (nSPS) is 31.1. The largest absolute Gasteiger partial charge is 0.425 e. The molecule has 2 aromatic carbocycles. The van der Waals surface area contributed by atoms with Gasteiger partial charge >= 0.3 is 5.97 Å². The van der Waals surface area contributed by atoms with Crippen molar-refractivity contribution in [1.82, 2.24) is 4.90 Å². The summed E-state index contributed by atoms with van der Waals surface area (Å²) in [5.74, 6) is -0.523. The topological polar surface area (TPSA) is 80.8 Å². The van der Waals surface area contributed by atoms with E-state index in [9.17, 15) is 19.2 Å². The summed E-state index contributed by atoms with van der Waals surface area (Å²) in [7, 11) is 0. The van der Waals surface area contributed by atoms with Crippen LogP contribution in [-0.4, -0.2) is 34.5 Å². The van der Waals surface area contributed by atoms with Gasteiger partial charge in [-0.05, 0) is 66.8 Å². The number of Topliss-reactive ketones (excluding diaryl/α,β-unsaturated/α-hetero) is 1. The molecule has 2 bridgehead atoms. The van der Waals surface area contributed by atoms with Crippen molar-refractivity contribution in [2.45, 2.75) is 25.8 Å². The molecule has 0 N–H and O–H groups in total. The molecule has 0 aromatic heterocycles. The van der Waals surface area contributed by atoms with Gasteiger partial charge in [0.05, 0.1) is 11.8 Å². The molecule has 7 atom stereocenters. The van der Waals surface area contributed by atoms with E-state index >= 15 is 0 Å². The Morgan fingerprint density at radius 2 is 1.50 bits per heavy atom. The standard InChI is InChI=1S/C28H25NO5/c1-15(30)17-7-9-18(10-8-17)34-28(33)23(13-16-5-3-2-4-6-16)29-26(31)24-19-11-12-20(22-14-21(19)22)25(24)27(29)32/h2-12,19-25H,13-14H2,1H3/t19-,20-,21-,22+,23-,24+,25+/m0/s1. The Balaban J connectivity index is 1.30. The molecule has 1 saturated heterocycles. The van der Waals surface area contributed by atoms with Crippen molar-refractivity contribution in [3.8, 4) is 5.75 Å². The number of hydrogen-bond donors (Lipinski definition) is 0. The van der Waals surface area contributed by atoms with Crippen molar-refractivity contribution in [3.63, 3.8) is 0 Å². The van der Waals surface area contributed by atoms with E-state index in [0.717, 1.165) is 12.0 Å². The minimum atomic E-state index is -1.05. The van der Waals surface area contributed by atoms with Crippen molar-refractivity contribution in [2.75, 3.05) is 0 Å². The fourth-order valence-corrected chi connectivity index (χ4v) is 6.35. The Bertz CT molecular complexity index is 1180. The van der Waals surface area contributed by atoms with Gasteiger partial charge in [0, 0.05) is 12.0 Å². The summed E-state index contributed by atoms with van der Waals surface area (Å²) < 4.78 is 5.63. The highest BCUT2D eigenvalue weighted by Crippen LogP contribution is 2.65. The first kappa shape index (κ1) is 21.0. The van der Waals surface area contributed by atoms with E-state index in [1.165, 1.54) is 11.8 Å². The second kappa shape index (κ2) is 7.76. The number of ketones is 1. The molecule has 3 fully saturated rings. The van der Waals surface area contributed by atoms with Crippen LogP contribution in [0, 0.1) is 35.5 Å². The highest BCUT2D eigenvalue weighted by atomic mass is 16.5. The predicted molar refractivity (Wildman–Crippen MR) is 123 cm³/mol. The summed E-state index contributed by atoms with van der Waals surface area (Å²) in [6, 6.07) is 14.6. The van der Waals surface area contributed by atoms with E-state index in [-0.39, 0.29) is 53.4 Å². The molecule has 1 aliphatic heterocycles. The quantitative estimate of drug-likeness (QED) is 0.219. The Morgan fingerprint density at radius 1 is 0.912 bits per heavy atom. The van der Waals surface area contributed by atoms with Crippen LogP contribution in [0.2, 0.25) is 0 Å². The monoisotopic (exact) mass is 455 g/mol. The predicted octanol–water partition coefficient (Wildman–Crippen LogP) is 3.46. The number of allylic oxidation sites excluding steroid dienone is 2. The van der Waals surface area contributed by atoms with Gasteiger partial charge in [0.2, 0.25) is 11.8 Å². The number of amides is 2. The van der Waals surface area contributed by atoms with Crippen molar-refractivity contribution in [3.05, 3.63) is 77.9 Å². The number of imide groups is 1. The zero-order valence-electron chi connectivity index (χ0n) is 18.8. The number of ether oxygens (including phenoxy) is 1. The second-order valence-corrected chi connectivity index (χ2v) is 9.91. The molecule has 0 spiro atoms. The Hall–Kier alpha value is -3.54. The van der Waals surface area contributed by atoms with Crippen LogP contribution in [0.5, 0.6) is 5.75 Å². The van der Waals surface area contributed by atoms with Gasteiger partial charge in [-0.1, -0.05) is 42.5 Å². The van der Waals surface area contributed by atoms with E-state index < -0.39 is 12.0 Å². The molecule has 34 heavy (non-hydrogen) atoms. The van der Waals surface area contributed by atoms with E-state index in [4.69, 9.17) is 4.74 Å². The molecule has 5 aliphatic rings. The number of likely N-dealkylation sites (tertiary alicyclic amines) is 1. The van der Waals surface area contributed by atoms with Crippen LogP contribution in [0.3, 0.4) is 0 Å². The van der Waals surface area contributed by atoms with Gasteiger partial charge in [0.1, 0.15) is 11.8 Å². The van der Waals surface area contributed by atoms with Gasteiger partial charge in [-0.15, -0.1) is 0 Å². The third-order valence-corrected chi connectivity index (χ3v) is 8.03. The van der Waals surface area contributed by atoms with Crippen LogP contribution in [0.1, 0.15) is 29.3 Å². The molecule has 4 aliphatic carbocycles. The average Bonchev–Trinajstić information content (AvgIpc) is 3.62. The highest BCUT2D eigenvalue weighted by Gasteiger charge is 2.68. The minimum Gasteiger partial charge on any atom is -0.425 e. The average molecular weight is 456 g/mol. The zero-order chi connectivity index (χ0) is 23.6. The van der Waals surface area contributed by atoms with E-state index in [1.807, 2.05) is 30.3 Å². The van der Waals surface area contributed by atoms with Gasteiger partial charge in [0.25, 0.3) is 0 Å². The van der Waals surface area contributed by atoms with Crippen LogP contribution in [0.15, 0.2) is 66.7 Å². The lowest BCUT2D eigenvalue weighted by Gasteiger charge is -2.37. The summed E-state index contributed by atoms with van der Waals surface area (Å²) in [5.41, 5.74) is 1.35. The van der Waals surface area contributed by atoms with Gasteiger partial charge in [-0.25, -0.2) is 4.79 Å². The molecule has 0 radical (unpaired) electrons. The van der Waals surface area contributed by atoms with Crippen LogP contribution < -0.4 is 4.74 Å². The molecule has 1 heterocycles. The van der Waals surface area contributed by atoms with E-state index in [2.05, 4.69) is 12.2 Å². The first-order chi connectivity index (χ1) is 16.4. The van der Waals surface area contributed by atoms with Crippen LogP contribution >= 0.6 is 0 Å². The maximum absolute atomic E-state index is 13.6. The van der Waals surface area contributed by atoms with Gasteiger partial charge in [0.15, 0.2) is 5.78 Å². The maximum atomic E-state index is 13.6. The number of hydrogen-bond acceptors (Lipinski definition) is 5. The number of rotatable bonds is 6. The lowest BCUT2D eigenvalue weighted by atomic mass is 9.63. The number of benzene rings is 2. The van der Waals surface area contributed by atoms with Gasteiger partial charge < -0.3 is 4.74 Å². The lowest BCUT2D eigenvalue weighted by Crippen LogP contribution is -2.48. The molecule has 6 heteroatoms. The van der Waals surface area contributed by atoms with Crippen molar-refractivity contribution in [2.24, 2.45) is 35.5 Å². The first-order valence-electron chi connectivity index (χ1n) is 11.9. The summed E-state index contributed by atoms with van der Waals surface area (Å²) in [5, 5.41) is 0. The fourth-order valence-electron chi connectivity index (χ4n) is 6.35. The highest BCUT2D eigenvalue weighted by molar-refractivity contribution is 6.09. The van der Waals surface area contributed by atoms with Crippen LogP contribution in [-0.2, 0) is 20.8 Å². The number of carbonyl (C=O) groups excluding carboxylic acids is 4. The minimum absolute atomic E-state index is 0.0861. The molecule has 2 aromatic rings. The summed E-state index contributed by atoms with van der Waals surface area (Å²) in [6.07, 6.45) is 5.52. The molecule has 172 valence electrons. The SMILES string of the molecule is CC(=O)c1ccc(OC(=O)[C@H](Cc2ccccc2)N2C(=O)[C@@H]3[C@H]4C=C[C@@H]([C@@H]5C[C@H]45)[C@H]3C2=O)cc1. The molecule has 7 rings (SSSR count). The number of nitrogens with zero attached hydrogens (tertiary/aromatic N) is 1. The Kier molecular flexibility index (Phi) is 4.80. The molecule has 2 saturated carbocycles. The first-order valence-corrected chi connectivity index (χ1v) is 11.9. The molecule has 6 nitrogen and oxygen atoms in total. The second-order valence-electron chi connectivity index (χ2n) is 9.91. The fraction of sp³-hybridized carbons (Fsp3) is 0.357.